The fourth-order valence-electron chi connectivity index (χ4n) is 2.25. The molecule has 2 aromatic rings. The van der Waals surface area contributed by atoms with Crippen molar-refractivity contribution in [1.82, 2.24) is 0 Å². The van der Waals surface area contributed by atoms with E-state index in [0.717, 1.165) is 11.3 Å². The molecule has 0 fully saturated rings. The van der Waals surface area contributed by atoms with Gasteiger partial charge in [-0.2, -0.15) is 0 Å². The van der Waals surface area contributed by atoms with Crippen molar-refractivity contribution >= 4 is 23.1 Å². The van der Waals surface area contributed by atoms with Crippen molar-refractivity contribution in [3.63, 3.8) is 0 Å². The molecule has 0 heterocycles. The first-order chi connectivity index (χ1) is 10.4. The van der Waals surface area contributed by atoms with Crippen molar-refractivity contribution in [2.75, 3.05) is 24.3 Å². The first-order valence-electron chi connectivity index (χ1n) is 7.09. The second kappa shape index (κ2) is 6.43. The van der Waals surface area contributed by atoms with E-state index < -0.39 is 0 Å². The third-order valence-corrected chi connectivity index (χ3v) is 3.51. The van der Waals surface area contributed by atoms with E-state index in [2.05, 4.69) is 5.32 Å². The molecule has 0 aliphatic rings. The Labute approximate surface area is 130 Å². The van der Waals surface area contributed by atoms with E-state index >= 15 is 0 Å². The van der Waals surface area contributed by atoms with Crippen LogP contribution in [-0.2, 0) is 0 Å². The Morgan fingerprint density at radius 2 is 1.64 bits per heavy atom. The van der Waals surface area contributed by atoms with Gasteiger partial charge in [-0.1, -0.05) is 0 Å². The maximum atomic E-state index is 12.2. The number of rotatable bonds is 4. The van der Waals surface area contributed by atoms with E-state index in [1.54, 1.807) is 24.3 Å². The number of benzene rings is 2. The Kier molecular flexibility index (Phi) is 4.61. The molecule has 1 N–H and O–H groups in total. The highest BCUT2D eigenvalue weighted by molar-refractivity contribution is 6.05. The summed E-state index contributed by atoms with van der Waals surface area (Å²) in [7, 11) is 3.91. The predicted molar refractivity (Wildman–Crippen MR) is 89.9 cm³/mol. The summed E-state index contributed by atoms with van der Waals surface area (Å²) in [5, 5.41) is 2.85. The van der Waals surface area contributed by atoms with E-state index in [9.17, 15) is 9.59 Å². The molecule has 0 saturated heterocycles. The van der Waals surface area contributed by atoms with Crippen LogP contribution in [-0.4, -0.2) is 25.8 Å². The summed E-state index contributed by atoms with van der Waals surface area (Å²) in [6, 6.07) is 12.7. The monoisotopic (exact) mass is 296 g/mol. The Hall–Kier alpha value is -2.62. The molecule has 0 aliphatic heterocycles. The lowest BCUT2D eigenvalue weighted by Crippen LogP contribution is -2.13. The van der Waals surface area contributed by atoms with Gasteiger partial charge in [0.2, 0.25) is 0 Å². The van der Waals surface area contributed by atoms with Crippen LogP contribution in [0, 0.1) is 6.92 Å². The zero-order valence-corrected chi connectivity index (χ0v) is 13.3. The van der Waals surface area contributed by atoms with Crippen molar-refractivity contribution in [2.45, 2.75) is 13.8 Å². The van der Waals surface area contributed by atoms with E-state index in [0.29, 0.717) is 16.8 Å². The summed E-state index contributed by atoms with van der Waals surface area (Å²) in [6.45, 7) is 3.39. The SMILES string of the molecule is CC(=O)c1ccc(NC(=O)c2ccc(N(C)C)cc2)cc1C. The van der Waals surface area contributed by atoms with E-state index in [1.165, 1.54) is 6.92 Å². The number of hydrogen-bond donors (Lipinski definition) is 1. The van der Waals surface area contributed by atoms with Gasteiger partial charge < -0.3 is 10.2 Å². The minimum Gasteiger partial charge on any atom is -0.378 e. The fraction of sp³-hybridized carbons (Fsp3) is 0.222. The van der Waals surface area contributed by atoms with Crippen LogP contribution in [0.25, 0.3) is 0 Å². The molecule has 0 aliphatic carbocycles. The van der Waals surface area contributed by atoms with Gasteiger partial charge >= 0.3 is 0 Å². The maximum absolute atomic E-state index is 12.2. The largest absolute Gasteiger partial charge is 0.378 e. The molecule has 4 nitrogen and oxygen atoms in total. The van der Waals surface area contributed by atoms with Crippen molar-refractivity contribution in [3.05, 3.63) is 59.2 Å². The number of aryl methyl sites for hydroxylation is 1. The lowest BCUT2D eigenvalue weighted by molar-refractivity contribution is 0.101. The number of ketones is 1. The minimum atomic E-state index is -0.166. The molecule has 114 valence electrons. The molecule has 1 amide bonds. The average Bonchev–Trinajstić information content (AvgIpc) is 2.47. The number of nitrogens with zero attached hydrogens (tertiary/aromatic N) is 1. The van der Waals surface area contributed by atoms with Gasteiger partial charge in [-0.15, -0.1) is 0 Å². The second-order valence-electron chi connectivity index (χ2n) is 5.48. The zero-order valence-electron chi connectivity index (χ0n) is 13.3. The first-order valence-corrected chi connectivity index (χ1v) is 7.09. The fourth-order valence-corrected chi connectivity index (χ4v) is 2.25. The number of carbonyl (C=O) groups is 2. The van der Waals surface area contributed by atoms with Crippen LogP contribution < -0.4 is 10.2 Å². The number of carbonyl (C=O) groups excluding carboxylic acids is 2. The summed E-state index contributed by atoms with van der Waals surface area (Å²) in [5.41, 5.74) is 3.85. The summed E-state index contributed by atoms with van der Waals surface area (Å²) in [4.78, 5) is 25.6. The van der Waals surface area contributed by atoms with Gasteiger partial charge in [-0.25, -0.2) is 0 Å². The van der Waals surface area contributed by atoms with Crippen LogP contribution in [0.15, 0.2) is 42.5 Å². The molecule has 2 rings (SSSR count). The number of anilines is 2. The number of nitrogens with one attached hydrogen (secondary N) is 1. The smallest absolute Gasteiger partial charge is 0.255 e. The molecular formula is C18H20N2O2. The van der Waals surface area contributed by atoms with Crippen LogP contribution in [0.2, 0.25) is 0 Å². The summed E-state index contributed by atoms with van der Waals surface area (Å²) in [5.74, 6) is -0.144. The number of hydrogen-bond acceptors (Lipinski definition) is 3. The lowest BCUT2D eigenvalue weighted by Gasteiger charge is -2.13. The van der Waals surface area contributed by atoms with Crippen molar-refractivity contribution < 1.29 is 9.59 Å². The van der Waals surface area contributed by atoms with Gasteiger partial charge in [-0.3, -0.25) is 9.59 Å². The Balaban J connectivity index is 2.15. The summed E-state index contributed by atoms with van der Waals surface area (Å²) >= 11 is 0. The van der Waals surface area contributed by atoms with Gasteiger partial charge in [0, 0.05) is 36.6 Å². The molecule has 0 radical (unpaired) electrons. The average molecular weight is 296 g/mol. The highest BCUT2D eigenvalue weighted by Crippen LogP contribution is 2.18. The normalized spacial score (nSPS) is 10.2. The van der Waals surface area contributed by atoms with E-state index in [4.69, 9.17) is 0 Å². The summed E-state index contributed by atoms with van der Waals surface area (Å²) < 4.78 is 0. The molecule has 22 heavy (non-hydrogen) atoms. The topological polar surface area (TPSA) is 49.4 Å². The van der Waals surface area contributed by atoms with Crippen molar-refractivity contribution in [3.8, 4) is 0 Å². The standard InChI is InChI=1S/C18H20N2O2/c1-12-11-15(7-10-17(12)13(2)21)19-18(22)14-5-8-16(9-6-14)20(3)4/h5-11H,1-4H3,(H,19,22). The van der Waals surface area contributed by atoms with Crippen molar-refractivity contribution in [1.29, 1.82) is 0 Å². The van der Waals surface area contributed by atoms with Crippen LogP contribution in [0.5, 0.6) is 0 Å². The Morgan fingerprint density at radius 1 is 1.00 bits per heavy atom. The molecule has 0 unspecified atom stereocenters. The molecule has 0 saturated carbocycles. The molecule has 0 aromatic heterocycles. The van der Waals surface area contributed by atoms with Gasteiger partial charge in [0.1, 0.15) is 0 Å². The van der Waals surface area contributed by atoms with Crippen molar-refractivity contribution in [2.24, 2.45) is 0 Å². The van der Waals surface area contributed by atoms with E-state index in [-0.39, 0.29) is 11.7 Å². The molecule has 0 atom stereocenters. The lowest BCUT2D eigenvalue weighted by atomic mass is 10.0. The molecule has 2 aromatic carbocycles. The second-order valence-corrected chi connectivity index (χ2v) is 5.48. The van der Waals surface area contributed by atoms with Crippen LogP contribution >= 0.6 is 0 Å². The predicted octanol–water partition coefficient (Wildman–Crippen LogP) is 3.52. The summed E-state index contributed by atoms with van der Waals surface area (Å²) in [6.07, 6.45) is 0. The molecule has 4 heteroatoms. The van der Waals surface area contributed by atoms with Crippen LogP contribution in [0.3, 0.4) is 0 Å². The highest BCUT2D eigenvalue weighted by Gasteiger charge is 2.09. The van der Waals surface area contributed by atoms with Gasteiger partial charge in [0.15, 0.2) is 5.78 Å². The van der Waals surface area contributed by atoms with Crippen LogP contribution in [0.1, 0.15) is 33.2 Å². The Morgan fingerprint density at radius 3 is 2.14 bits per heavy atom. The molecular weight excluding hydrogens is 276 g/mol. The van der Waals surface area contributed by atoms with E-state index in [1.807, 2.05) is 44.1 Å². The maximum Gasteiger partial charge on any atom is 0.255 e. The molecule has 0 bridgehead atoms. The number of Topliss-reactive ketones (excluding diaryl/α,β-unsaturated/α-hetero) is 1. The minimum absolute atomic E-state index is 0.0228. The van der Waals surface area contributed by atoms with Crippen LogP contribution in [0.4, 0.5) is 11.4 Å². The first kappa shape index (κ1) is 15.8. The quantitative estimate of drug-likeness (QED) is 0.878. The van der Waals surface area contributed by atoms with Gasteiger partial charge in [0.05, 0.1) is 0 Å². The van der Waals surface area contributed by atoms with Gasteiger partial charge in [0.25, 0.3) is 5.91 Å². The van der Waals surface area contributed by atoms with Gasteiger partial charge in [-0.05, 0) is 61.9 Å². The Bertz CT molecular complexity index is 704. The third kappa shape index (κ3) is 3.52. The zero-order chi connectivity index (χ0) is 16.3. The molecule has 0 spiro atoms. The third-order valence-electron chi connectivity index (χ3n) is 3.51. The number of amides is 1. The highest BCUT2D eigenvalue weighted by atomic mass is 16.1.